The largest absolute Gasteiger partial charge is 0.324 e. The minimum absolute atomic E-state index is 0.135. The molecule has 1 aromatic heterocycles. The van der Waals surface area contributed by atoms with Crippen LogP contribution in [0.4, 0.5) is 14.5 Å². The molecule has 0 radical (unpaired) electrons. The highest BCUT2D eigenvalue weighted by Gasteiger charge is 2.48. The molecule has 0 spiro atoms. The number of hydrogen-bond acceptors (Lipinski definition) is 4. The number of anilines is 1. The van der Waals surface area contributed by atoms with Crippen LogP contribution >= 0.6 is 0 Å². The second-order valence-electron chi connectivity index (χ2n) is 9.01. The summed E-state index contributed by atoms with van der Waals surface area (Å²) < 4.78 is 27.9. The summed E-state index contributed by atoms with van der Waals surface area (Å²) in [7, 11) is 0. The molecule has 3 atom stereocenters. The van der Waals surface area contributed by atoms with Crippen LogP contribution in [-0.2, 0) is 4.79 Å². The smallest absolute Gasteiger partial charge is 0.257 e. The Kier molecular flexibility index (Phi) is 5.85. The maximum Gasteiger partial charge on any atom is 0.257 e. The molecule has 2 aromatic carbocycles. The minimum atomic E-state index is -0.919. The summed E-state index contributed by atoms with van der Waals surface area (Å²) in [6.07, 6.45) is 4.20. The van der Waals surface area contributed by atoms with E-state index in [1.165, 1.54) is 4.90 Å². The number of nitrogens with one attached hydrogen (secondary N) is 2. The lowest BCUT2D eigenvalue weighted by atomic mass is 9.84. The van der Waals surface area contributed by atoms with Gasteiger partial charge < -0.3 is 10.2 Å². The second-order valence-corrected chi connectivity index (χ2v) is 9.01. The number of H-pyrrole nitrogens is 1. The molecule has 0 unspecified atom stereocenters. The van der Waals surface area contributed by atoms with E-state index in [9.17, 15) is 18.4 Å². The first kappa shape index (κ1) is 22.2. The average Bonchev–Trinajstić information content (AvgIpc) is 3.43. The lowest BCUT2D eigenvalue weighted by Crippen LogP contribution is -2.48. The van der Waals surface area contributed by atoms with Gasteiger partial charge in [0.15, 0.2) is 5.82 Å². The zero-order valence-electron chi connectivity index (χ0n) is 18.7. The van der Waals surface area contributed by atoms with E-state index in [1.807, 2.05) is 6.07 Å². The minimum Gasteiger partial charge on any atom is -0.324 e. The van der Waals surface area contributed by atoms with Crippen molar-refractivity contribution in [2.45, 2.75) is 51.1 Å². The van der Waals surface area contributed by atoms with Crippen LogP contribution in [0, 0.1) is 24.5 Å². The number of likely N-dealkylation sites (tertiary alicyclic amines) is 1. The summed E-state index contributed by atoms with van der Waals surface area (Å²) in [6, 6.07) is 9.22. The van der Waals surface area contributed by atoms with E-state index in [0.29, 0.717) is 29.8 Å². The Hall–Kier alpha value is -3.62. The zero-order valence-corrected chi connectivity index (χ0v) is 18.7. The molecule has 34 heavy (non-hydrogen) atoms. The maximum atomic E-state index is 14.5. The maximum absolute atomic E-state index is 14.5. The van der Waals surface area contributed by atoms with Gasteiger partial charge in [-0.1, -0.05) is 25.0 Å². The van der Waals surface area contributed by atoms with Gasteiger partial charge in [-0.2, -0.15) is 5.10 Å². The van der Waals surface area contributed by atoms with E-state index in [0.717, 1.165) is 43.4 Å². The van der Waals surface area contributed by atoms with Crippen molar-refractivity contribution in [2.24, 2.45) is 5.92 Å². The van der Waals surface area contributed by atoms with Gasteiger partial charge in [-0.15, -0.1) is 0 Å². The lowest BCUT2D eigenvalue weighted by molar-refractivity contribution is -0.120. The molecule has 1 aliphatic heterocycles. The van der Waals surface area contributed by atoms with Crippen molar-refractivity contribution in [3.8, 4) is 11.4 Å². The summed E-state index contributed by atoms with van der Waals surface area (Å²) in [5, 5.41) is 9.87. The molecule has 1 saturated carbocycles. The summed E-state index contributed by atoms with van der Waals surface area (Å²) in [5.41, 5.74) is 1.08. The summed E-state index contributed by atoms with van der Waals surface area (Å²) >= 11 is 0. The number of halogens is 2. The molecule has 1 aliphatic carbocycles. The molecular formula is C25H25F2N5O2. The molecule has 0 bridgehead atoms. The van der Waals surface area contributed by atoms with Crippen LogP contribution in [0.2, 0.25) is 0 Å². The molecule has 2 aliphatic rings. The van der Waals surface area contributed by atoms with Crippen LogP contribution in [-0.4, -0.2) is 44.0 Å². The predicted octanol–water partition coefficient (Wildman–Crippen LogP) is 4.47. The third-order valence-corrected chi connectivity index (χ3v) is 6.77. The van der Waals surface area contributed by atoms with Gasteiger partial charge in [0.05, 0.1) is 5.56 Å². The van der Waals surface area contributed by atoms with Gasteiger partial charge in [0.1, 0.15) is 23.5 Å². The fourth-order valence-corrected chi connectivity index (χ4v) is 5.22. The zero-order chi connectivity index (χ0) is 23.8. The summed E-state index contributed by atoms with van der Waals surface area (Å²) in [4.78, 5) is 32.6. The lowest BCUT2D eigenvalue weighted by Gasteiger charge is -2.33. The van der Waals surface area contributed by atoms with Gasteiger partial charge in [0.2, 0.25) is 5.91 Å². The highest BCUT2D eigenvalue weighted by molar-refractivity contribution is 6.02. The number of amides is 2. The monoisotopic (exact) mass is 465 g/mol. The van der Waals surface area contributed by atoms with Crippen molar-refractivity contribution >= 4 is 17.5 Å². The Morgan fingerprint density at radius 3 is 2.71 bits per heavy atom. The Morgan fingerprint density at radius 2 is 1.94 bits per heavy atom. The van der Waals surface area contributed by atoms with Crippen molar-refractivity contribution in [2.75, 3.05) is 5.32 Å². The summed E-state index contributed by atoms with van der Waals surface area (Å²) in [5.74, 6) is -1.19. The Morgan fingerprint density at radius 1 is 1.12 bits per heavy atom. The number of nitrogens with zero attached hydrogens (tertiary/aromatic N) is 3. The SMILES string of the molecule is Cc1nc(-c2cccc(NC(=O)[C@@H]3C[C@@H]4CCCC[C@@H]4N3C(=O)c3ccc(F)cc3F)c2)n[nH]1. The van der Waals surface area contributed by atoms with E-state index in [-0.39, 0.29) is 23.4 Å². The first-order chi connectivity index (χ1) is 16.4. The average molecular weight is 466 g/mol. The predicted molar refractivity (Wildman–Crippen MR) is 122 cm³/mol. The van der Waals surface area contributed by atoms with Gasteiger partial charge in [-0.05, 0) is 56.4 Å². The number of benzene rings is 2. The van der Waals surface area contributed by atoms with Crippen molar-refractivity contribution in [1.29, 1.82) is 0 Å². The number of carbonyl (C=O) groups is 2. The van der Waals surface area contributed by atoms with E-state index in [2.05, 4.69) is 20.5 Å². The number of hydrogen-bond donors (Lipinski definition) is 2. The number of aromatic nitrogens is 3. The molecule has 176 valence electrons. The van der Waals surface area contributed by atoms with E-state index in [4.69, 9.17) is 0 Å². The van der Waals surface area contributed by atoms with Crippen LogP contribution in [0.1, 0.15) is 48.3 Å². The van der Waals surface area contributed by atoms with Gasteiger partial charge >= 0.3 is 0 Å². The number of aromatic amines is 1. The Labute approximate surface area is 195 Å². The first-order valence-electron chi connectivity index (χ1n) is 11.5. The fraction of sp³-hybridized carbons (Fsp3) is 0.360. The van der Waals surface area contributed by atoms with Gasteiger partial charge in [0, 0.05) is 23.4 Å². The molecule has 2 heterocycles. The third-order valence-electron chi connectivity index (χ3n) is 6.77. The van der Waals surface area contributed by atoms with Crippen LogP contribution in [0.25, 0.3) is 11.4 Å². The Bertz CT molecular complexity index is 1240. The highest BCUT2D eigenvalue weighted by Crippen LogP contribution is 2.41. The van der Waals surface area contributed by atoms with Crippen LogP contribution < -0.4 is 5.32 Å². The van der Waals surface area contributed by atoms with Crippen LogP contribution in [0.5, 0.6) is 0 Å². The number of rotatable bonds is 4. The van der Waals surface area contributed by atoms with Crippen molar-refractivity contribution in [1.82, 2.24) is 20.1 Å². The first-order valence-corrected chi connectivity index (χ1v) is 11.5. The molecule has 1 saturated heterocycles. The highest BCUT2D eigenvalue weighted by atomic mass is 19.1. The standard InChI is InChI=1S/C25H25F2N5O2/c1-14-28-23(31-30-14)16-6-4-7-18(11-16)29-24(33)22-12-15-5-2-3-8-21(15)32(22)25(34)19-10-9-17(26)13-20(19)27/h4,6-7,9-11,13,15,21-22H,2-3,5,8,12H2,1H3,(H,29,33)(H,28,30,31)/t15-,21-,22-/m0/s1. The van der Waals surface area contributed by atoms with Gasteiger partial charge in [-0.3, -0.25) is 14.7 Å². The quantitative estimate of drug-likeness (QED) is 0.595. The van der Waals surface area contributed by atoms with Crippen LogP contribution in [0.3, 0.4) is 0 Å². The van der Waals surface area contributed by atoms with Crippen molar-refractivity contribution < 1.29 is 18.4 Å². The fourth-order valence-electron chi connectivity index (χ4n) is 5.22. The second kappa shape index (κ2) is 8.96. The number of fused-ring (bicyclic) bond motifs is 1. The molecule has 5 rings (SSSR count). The van der Waals surface area contributed by atoms with Crippen LogP contribution in [0.15, 0.2) is 42.5 Å². The molecule has 7 nitrogen and oxygen atoms in total. The molecule has 2 fully saturated rings. The molecule has 3 aromatic rings. The molecule has 2 amide bonds. The van der Waals surface area contributed by atoms with E-state index < -0.39 is 23.6 Å². The number of carbonyl (C=O) groups excluding carboxylic acids is 2. The van der Waals surface area contributed by atoms with Gasteiger partial charge in [-0.25, -0.2) is 13.8 Å². The topological polar surface area (TPSA) is 91.0 Å². The van der Waals surface area contributed by atoms with Crippen molar-refractivity contribution in [3.63, 3.8) is 0 Å². The molecular weight excluding hydrogens is 440 g/mol. The number of aryl methyl sites for hydroxylation is 1. The summed E-state index contributed by atoms with van der Waals surface area (Å²) in [6.45, 7) is 1.80. The normalized spacial score (nSPS) is 21.9. The molecule has 2 N–H and O–H groups in total. The van der Waals surface area contributed by atoms with E-state index in [1.54, 1.807) is 25.1 Å². The Balaban J connectivity index is 1.41. The third kappa shape index (κ3) is 4.18. The van der Waals surface area contributed by atoms with Crippen molar-refractivity contribution in [3.05, 3.63) is 65.5 Å². The molecule has 9 heteroatoms. The van der Waals surface area contributed by atoms with Gasteiger partial charge in [0.25, 0.3) is 5.91 Å². The van der Waals surface area contributed by atoms with E-state index >= 15 is 0 Å².